The summed E-state index contributed by atoms with van der Waals surface area (Å²) in [7, 11) is 0. The van der Waals surface area contributed by atoms with E-state index in [-0.39, 0.29) is 12.5 Å². The predicted octanol–water partition coefficient (Wildman–Crippen LogP) is 4.40. The molecule has 7 nitrogen and oxygen atoms in total. The maximum atomic E-state index is 12.3. The Labute approximate surface area is 188 Å². The van der Waals surface area contributed by atoms with Gasteiger partial charge in [0.05, 0.1) is 6.04 Å². The Morgan fingerprint density at radius 2 is 1.59 bits per heavy atom. The highest BCUT2D eigenvalue weighted by atomic mass is 16.6. The van der Waals surface area contributed by atoms with Gasteiger partial charge in [0.15, 0.2) is 0 Å². The molecule has 3 rings (SSSR count). The minimum absolute atomic E-state index is 0.0409. The Kier molecular flexibility index (Phi) is 7.51. The van der Waals surface area contributed by atoms with Gasteiger partial charge in [-0.15, -0.1) is 0 Å². The van der Waals surface area contributed by atoms with Crippen LogP contribution in [-0.4, -0.2) is 43.3 Å². The Balaban J connectivity index is 1.46. The van der Waals surface area contributed by atoms with Gasteiger partial charge in [-0.25, -0.2) is 9.59 Å². The van der Waals surface area contributed by atoms with Crippen molar-refractivity contribution in [3.63, 3.8) is 0 Å². The first kappa shape index (κ1) is 23.3. The lowest BCUT2D eigenvalue weighted by molar-refractivity contribution is -0.109. The maximum Gasteiger partial charge on any atom is 0.407 e. The molecule has 0 saturated heterocycles. The van der Waals surface area contributed by atoms with Gasteiger partial charge in [-0.2, -0.15) is 0 Å². The molecular weight excluding hydrogens is 408 g/mol. The van der Waals surface area contributed by atoms with E-state index >= 15 is 0 Å². The maximum absolute atomic E-state index is 12.3. The van der Waals surface area contributed by atoms with E-state index in [1.54, 1.807) is 20.8 Å². The van der Waals surface area contributed by atoms with Crippen LogP contribution in [0.4, 0.5) is 9.59 Å². The Morgan fingerprint density at radius 3 is 2.16 bits per heavy atom. The number of rotatable bonds is 8. The van der Waals surface area contributed by atoms with E-state index in [0.29, 0.717) is 25.7 Å². The van der Waals surface area contributed by atoms with Crippen molar-refractivity contribution in [2.45, 2.75) is 51.2 Å². The van der Waals surface area contributed by atoms with Crippen LogP contribution in [0, 0.1) is 0 Å². The van der Waals surface area contributed by atoms with Crippen LogP contribution in [0.1, 0.15) is 50.7 Å². The zero-order valence-electron chi connectivity index (χ0n) is 18.7. The SMILES string of the molecule is CC(C)(C)OC(=O)NCCCC(C=O)NC(=O)OCC1c2ccccc2-c2ccccc21. The molecule has 32 heavy (non-hydrogen) atoms. The van der Waals surface area contributed by atoms with Gasteiger partial charge < -0.3 is 24.9 Å². The number of fused-ring (bicyclic) bond motifs is 3. The van der Waals surface area contributed by atoms with E-state index in [1.807, 2.05) is 36.4 Å². The predicted molar refractivity (Wildman–Crippen MR) is 122 cm³/mol. The number of alkyl carbamates (subject to hydrolysis) is 2. The second-order valence-electron chi connectivity index (χ2n) is 8.78. The minimum atomic E-state index is -0.689. The van der Waals surface area contributed by atoms with Gasteiger partial charge in [0.2, 0.25) is 0 Å². The van der Waals surface area contributed by atoms with Gasteiger partial charge >= 0.3 is 12.2 Å². The molecule has 2 aromatic rings. The molecule has 0 saturated carbocycles. The number of nitrogens with one attached hydrogen (secondary N) is 2. The van der Waals surface area contributed by atoms with Crippen LogP contribution in [0.2, 0.25) is 0 Å². The lowest BCUT2D eigenvalue weighted by Crippen LogP contribution is -2.38. The van der Waals surface area contributed by atoms with Crippen LogP contribution in [0.25, 0.3) is 11.1 Å². The number of ether oxygens (including phenoxy) is 2. The van der Waals surface area contributed by atoms with Gasteiger partial charge in [0.25, 0.3) is 0 Å². The molecule has 7 heteroatoms. The first-order valence-electron chi connectivity index (χ1n) is 10.8. The molecule has 2 aromatic carbocycles. The summed E-state index contributed by atoms with van der Waals surface area (Å²) in [6, 6.07) is 15.5. The average Bonchev–Trinajstić information content (AvgIpc) is 3.07. The lowest BCUT2D eigenvalue weighted by Gasteiger charge is -2.20. The molecule has 0 aliphatic heterocycles. The molecule has 1 aliphatic carbocycles. The van der Waals surface area contributed by atoms with Gasteiger partial charge in [-0.1, -0.05) is 48.5 Å². The molecule has 1 unspecified atom stereocenters. The number of aldehydes is 1. The zero-order chi connectivity index (χ0) is 23.1. The fraction of sp³-hybridized carbons (Fsp3) is 0.400. The minimum Gasteiger partial charge on any atom is -0.449 e. The van der Waals surface area contributed by atoms with Crippen molar-refractivity contribution < 1.29 is 23.9 Å². The summed E-state index contributed by atoms with van der Waals surface area (Å²) in [6.07, 6.45) is 0.416. The first-order valence-corrected chi connectivity index (χ1v) is 10.8. The van der Waals surface area contributed by atoms with E-state index in [4.69, 9.17) is 9.47 Å². The van der Waals surface area contributed by atoms with E-state index in [0.717, 1.165) is 22.3 Å². The first-order chi connectivity index (χ1) is 15.3. The van der Waals surface area contributed by atoms with E-state index in [1.165, 1.54) is 0 Å². The number of amides is 2. The van der Waals surface area contributed by atoms with Gasteiger partial charge in [-0.05, 0) is 55.9 Å². The number of carbonyl (C=O) groups is 3. The Morgan fingerprint density at radius 1 is 1.00 bits per heavy atom. The van der Waals surface area contributed by atoms with Crippen molar-refractivity contribution in [2.75, 3.05) is 13.2 Å². The number of benzene rings is 2. The summed E-state index contributed by atoms with van der Waals surface area (Å²) in [4.78, 5) is 35.3. The molecule has 1 aliphatic rings. The molecular formula is C25H30N2O5. The van der Waals surface area contributed by atoms with Crippen molar-refractivity contribution in [2.24, 2.45) is 0 Å². The second kappa shape index (κ2) is 10.3. The van der Waals surface area contributed by atoms with Crippen LogP contribution in [0.3, 0.4) is 0 Å². The average molecular weight is 439 g/mol. The Hall–Kier alpha value is -3.35. The number of hydrogen-bond acceptors (Lipinski definition) is 5. The molecule has 2 N–H and O–H groups in total. The lowest BCUT2D eigenvalue weighted by atomic mass is 9.98. The van der Waals surface area contributed by atoms with E-state index in [9.17, 15) is 14.4 Å². The van der Waals surface area contributed by atoms with Gasteiger partial charge in [-0.3, -0.25) is 0 Å². The van der Waals surface area contributed by atoms with Crippen molar-refractivity contribution in [1.82, 2.24) is 10.6 Å². The largest absolute Gasteiger partial charge is 0.449 e. The monoisotopic (exact) mass is 438 g/mol. The third-order valence-electron chi connectivity index (χ3n) is 5.17. The van der Waals surface area contributed by atoms with Crippen LogP contribution in [0.5, 0.6) is 0 Å². The zero-order valence-corrected chi connectivity index (χ0v) is 18.7. The van der Waals surface area contributed by atoms with E-state index in [2.05, 4.69) is 22.8 Å². The molecule has 2 amide bonds. The third-order valence-corrected chi connectivity index (χ3v) is 5.17. The second-order valence-corrected chi connectivity index (χ2v) is 8.78. The van der Waals surface area contributed by atoms with E-state index < -0.39 is 23.8 Å². The number of carbonyl (C=O) groups excluding carboxylic acids is 3. The molecule has 1 atom stereocenters. The van der Waals surface area contributed by atoms with Crippen molar-refractivity contribution in [1.29, 1.82) is 0 Å². The van der Waals surface area contributed by atoms with Gasteiger partial charge in [0.1, 0.15) is 18.5 Å². The number of hydrogen-bond donors (Lipinski definition) is 2. The van der Waals surface area contributed by atoms with Gasteiger partial charge in [0, 0.05) is 12.5 Å². The van der Waals surface area contributed by atoms with Crippen LogP contribution in [-0.2, 0) is 14.3 Å². The third kappa shape index (κ3) is 6.09. The molecule has 0 fully saturated rings. The van der Waals surface area contributed by atoms with Crippen LogP contribution >= 0.6 is 0 Å². The molecule has 0 heterocycles. The summed E-state index contributed by atoms with van der Waals surface area (Å²) < 4.78 is 10.6. The smallest absolute Gasteiger partial charge is 0.407 e. The molecule has 170 valence electrons. The summed E-state index contributed by atoms with van der Waals surface area (Å²) >= 11 is 0. The van der Waals surface area contributed by atoms with Crippen LogP contribution in [0.15, 0.2) is 48.5 Å². The van der Waals surface area contributed by atoms with Crippen LogP contribution < -0.4 is 10.6 Å². The molecule has 0 bridgehead atoms. The summed E-state index contributed by atoms with van der Waals surface area (Å²) in [5.74, 6) is -0.0409. The highest BCUT2D eigenvalue weighted by molar-refractivity contribution is 5.79. The summed E-state index contributed by atoms with van der Waals surface area (Å²) in [5.41, 5.74) is 3.99. The normalized spacial score (nSPS) is 13.5. The summed E-state index contributed by atoms with van der Waals surface area (Å²) in [5, 5.41) is 5.22. The molecule has 0 radical (unpaired) electrons. The molecule has 0 spiro atoms. The highest BCUT2D eigenvalue weighted by Gasteiger charge is 2.29. The van der Waals surface area contributed by atoms with Crippen molar-refractivity contribution in [3.05, 3.63) is 59.7 Å². The van der Waals surface area contributed by atoms with Crippen molar-refractivity contribution >= 4 is 18.5 Å². The quantitative estimate of drug-likeness (QED) is 0.471. The highest BCUT2D eigenvalue weighted by Crippen LogP contribution is 2.44. The topological polar surface area (TPSA) is 93.7 Å². The van der Waals surface area contributed by atoms with Crippen molar-refractivity contribution in [3.8, 4) is 11.1 Å². The standard InChI is InChI=1S/C25H30N2O5/c1-25(2,3)32-23(29)26-14-8-9-17(15-28)27-24(30)31-16-22-20-12-6-4-10-18(20)19-11-5-7-13-21(19)22/h4-7,10-13,15,17,22H,8-9,14,16H2,1-3H3,(H,26,29)(H,27,30). The fourth-order valence-corrected chi connectivity index (χ4v) is 3.79. The molecule has 0 aromatic heterocycles. The summed E-state index contributed by atoms with van der Waals surface area (Å²) in [6.45, 7) is 5.88. The fourth-order valence-electron chi connectivity index (χ4n) is 3.79. The Bertz CT molecular complexity index is 921.